The fourth-order valence-corrected chi connectivity index (χ4v) is 4.10. The van der Waals surface area contributed by atoms with E-state index in [1.165, 1.54) is 65.0 Å². The largest absolute Gasteiger partial charge is 0.372 e. The highest BCUT2D eigenvalue weighted by molar-refractivity contribution is 4.82. The second-order valence-corrected chi connectivity index (χ2v) is 7.36. The fraction of sp³-hybridized carbons (Fsp3) is 1.00. The van der Waals surface area contributed by atoms with E-state index in [9.17, 15) is 0 Å². The van der Waals surface area contributed by atoms with Crippen LogP contribution in [0, 0.1) is 5.92 Å². The quantitative estimate of drug-likeness (QED) is 0.765. The van der Waals surface area contributed by atoms with Crippen LogP contribution in [0.25, 0.3) is 0 Å². The first kappa shape index (κ1) is 15.7. The minimum Gasteiger partial charge on any atom is -0.372 e. The van der Waals surface area contributed by atoms with E-state index in [-0.39, 0.29) is 0 Å². The van der Waals surface area contributed by atoms with Crippen LogP contribution in [-0.2, 0) is 4.74 Å². The molecule has 0 aromatic heterocycles. The first-order valence-corrected chi connectivity index (χ1v) is 9.01. The lowest BCUT2D eigenvalue weighted by molar-refractivity contribution is -0.0982. The molecule has 3 rings (SSSR count). The van der Waals surface area contributed by atoms with Crippen LogP contribution in [0.4, 0.5) is 0 Å². The van der Waals surface area contributed by atoms with Crippen molar-refractivity contribution in [1.82, 2.24) is 14.7 Å². The topological polar surface area (TPSA) is 19.0 Å². The summed E-state index contributed by atoms with van der Waals surface area (Å²) in [7, 11) is 2.18. The molecule has 4 nitrogen and oxygen atoms in total. The molecule has 1 aliphatic carbocycles. The molecular formula is C17H33N3O. The Morgan fingerprint density at radius 1 is 0.857 bits per heavy atom. The van der Waals surface area contributed by atoms with Gasteiger partial charge in [0.2, 0.25) is 0 Å². The van der Waals surface area contributed by atoms with Gasteiger partial charge in [-0.05, 0) is 45.2 Å². The summed E-state index contributed by atoms with van der Waals surface area (Å²) < 4.78 is 6.20. The molecule has 0 N–H and O–H groups in total. The molecule has 4 heteroatoms. The predicted octanol–water partition coefficient (Wildman–Crippen LogP) is 1.51. The number of ether oxygens (including phenoxy) is 1. The molecule has 0 bridgehead atoms. The molecule has 2 heterocycles. The zero-order valence-corrected chi connectivity index (χ0v) is 14.0. The van der Waals surface area contributed by atoms with Crippen molar-refractivity contribution in [3.63, 3.8) is 0 Å². The van der Waals surface area contributed by atoms with Gasteiger partial charge in [-0.25, -0.2) is 0 Å². The average Bonchev–Trinajstić information content (AvgIpc) is 2.48. The SMILES string of the molecule is CCN1CCN(C[C@H]2CC[C@H](OC3CN(C)C3)CC2)CC1. The lowest BCUT2D eigenvalue weighted by Crippen LogP contribution is -2.51. The number of piperazine rings is 1. The van der Waals surface area contributed by atoms with Gasteiger partial charge in [-0.15, -0.1) is 0 Å². The predicted molar refractivity (Wildman–Crippen MR) is 86.7 cm³/mol. The van der Waals surface area contributed by atoms with Gasteiger partial charge >= 0.3 is 0 Å². The summed E-state index contributed by atoms with van der Waals surface area (Å²) in [6.07, 6.45) is 6.41. The molecule has 3 aliphatic rings. The van der Waals surface area contributed by atoms with E-state index in [0.717, 1.165) is 19.0 Å². The molecule has 0 aromatic carbocycles. The average molecular weight is 295 g/mol. The van der Waals surface area contributed by atoms with Gasteiger partial charge in [0.05, 0.1) is 12.2 Å². The maximum atomic E-state index is 6.20. The highest BCUT2D eigenvalue weighted by Gasteiger charge is 2.30. The third-order valence-electron chi connectivity index (χ3n) is 5.64. The third kappa shape index (κ3) is 4.41. The zero-order valence-electron chi connectivity index (χ0n) is 14.0. The summed E-state index contributed by atoms with van der Waals surface area (Å²) in [5.41, 5.74) is 0. The van der Waals surface area contributed by atoms with E-state index in [1.54, 1.807) is 0 Å². The molecule has 21 heavy (non-hydrogen) atoms. The number of likely N-dealkylation sites (N-methyl/N-ethyl adjacent to an activating group) is 2. The van der Waals surface area contributed by atoms with Gasteiger partial charge < -0.3 is 19.4 Å². The smallest absolute Gasteiger partial charge is 0.0832 e. The standard InChI is InChI=1S/C17H33N3O/c1-3-19-8-10-20(11-9-19)12-15-4-6-16(7-5-15)21-17-13-18(2)14-17/h15-17H,3-14H2,1-2H3/t15-,16-. The Labute approximate surface area is 130 Å². The number of rotatable bonds is 5. The van der Waals surface area contributed by atoms with E-state index >= 15 is 0 Å². The molecule has 0 atom stereocenters. The summed E-state index contributed by atoms with van der Waals surface area (Å²) in [6, 6.07) is 0. The van der Waals surface area contributed by atoms with E-state index in [4.69, 9.17) is 4.74 Å². The molecule has 0 aromatic rings. The maximum absolute atomic E-state index is 6.20. The number of hydrogen-bond acceptors (Lipinski definition) is 4. The molecule has 0 amide bonds. The van der Waals surface area contributed by atoms with E-state index in [2.05, 4.69) is 28.7 Å². The van der Waals surface area contributed by atoms with E-state index in [1.807, 2.05) is 0 Å². The number of hydrogen-bond donors (Lipinski definition) is 0. The molecule has 0 spiro atoms. The second kappa shape index (κ2) is 7.40. The highest BCUT2D eigenvalue weighted by Crippen LogP contribution is 2.29. The first-order valence-electron chi connectivity index (χ1n) is 9.01. The van der Waals surface area contributed by atoms with Gasteiger partial charge in [-0.3, -0.25) is 0 Å². The van der Waals surface area contributed by atoms with Crippen molar-refractivity contribution in [3.05, 3.63) is 0 Å². The van der Waals surface area contributed by atoms with Crippen molar-refractivity contribution in [2.75, 3.05) is 59.4 Å². The van der Waals surface area contributed by atoms with Crippen LogP contribution in [0.15, 0.2) is 0 Å². The molecular weight excluding hydrogens is 262 g/mol. The fourth-order valence-electron chi connectivity index (χ4n) is 4.10. The second-order valence-electron chi connectivity index (χ2n) is 7.36. The van der Waals surface area contributed by atoms with Crippen molar-refractivity contribution >= 4 is 0 Å². The Balaban J connectivity index is 1.31. The molecule has 1 saturated carbocycles. The molecule has 2 saturated heterocycles. The minimum atomic E-state index is 0.527. The van der Waals surface area contributed by atoms with Crippen molar-refractivity contribution in [3.8, 4) is 0 Å². The van der Waals surface area contributed by atoms with Gasteiger partial charge in [-0.2, -0.15) is 0 Å². The van der Waals surface area contributed by atoms with Gasteiger partial charge in [0.15, 0.2) is 0 Å². The van der Waals surface area contributed by atoms with E-state index < -0.39 is 0 Å². The lowest BCUT2D eigenvalue weighted by atomic mass is 9.86. The number of nitrogens with zero attached hydrogens (tertiary/aromatic N) is 3. The van der Waals surface area contributed by atoms with Gasteiger partial charge in [0, 0.05) is 45.8 Å². The van der Waals surface area contributed by atoms with Crippen molar-refractivity contribution in [2.45, 2.75) is 44.8 Å². The van der Waals surface area contributed by atoms with Gasteiger partial charge in [-0.1, -0.05) is 6.92 Å². The molecule has 0 unspecified atom stereocenters. The van der Waals surface area contributed by atoms with Crippen LogP contribution >= 0.6 is 0 Å². The Morgan fingerprint density at radius 3 is 2.05 bits per heavy atom. The van der Waals surface area contributed by atoms with Crippen LogP contribution in [0.2, 0.25) is 0 Å². The minimum absolute atomic E-state index is 0.527. The summed E-state index contributed by atoms with van der Waals surface area (Å²) in [4.78, 5) is 7.60. The maximum Gasteiger partial charge on any atom is 0.0832 e. The van der Waals surface area contributed by atoms with E-state index in [0.29, 0.717) is 12.2 Å². The summed E-state index contributed by atoms with van der Waals surface area (Å²) in [5.74, 6) is 0.919. The first-order chi connectivity index (χ1) is 10.2. The molecule has 2 aliphatic heterocycles. The summed E-state index contributed by atoms with van der Waals surface area (Å²) >= 11 is 0. The van der Waals surface area contributed by atoms with Crippen LogP contribution in [0.1, 0.15) is 32.6 Å². The Bertz CT molecular complexity index is 303. The zero-order chi connectivity index (χ0) is 14.7. The molecule has 3 fully saturated rings. The Hall–Kier alpha value is -0.160. The third-order valence-corrected chi connectivity index (χ3v) is 5.64. The highest BCUT2D eigenvalue weighted by atomic mass is 16.5. The van der Waals surface area contributed by atoms with Crippen molar-refractivity contribution < 1.29 is 4.74 Å². The lowest BCUT2D eigenvalue weighted by Gasteiger charge is -2.41. The van der Waals surface area contributed by atoms with Crippen LogP contribution in [-0.4, -0.2) is 86.3 Å². The molecule has 0 radical (unpaired) electrons. The number of likely N-dealkylation sites (tertiary alicyclic amines) is 1. The van der Waals surface area contributed by atoms with Crippen molar-refractivity contribution in [2.24, 2.45) is 5.92 Å². The van der Waals surface area contributed by atoms with Crippen LogP contribution < -0.4 is 0 Å². The summed E-state index contributed by atoms with van der Waals surface area (Å²) in [6.45, 7) is 12.2. The van der Waals surface area contributed by atoms with Gasteiger partial charge in [0.1, 0.15) is 0 Å². The summed E-state index contributed by atoms with van der Waals surface area (Å²) in [5, 5.41) is 0. The Morgan fingerprint density at radius 2 is 1.48 bits per heavy atom. The Kier molecular flexibility index (Phi) is 5.54. The van der Waals surface area contributed by atoms with Crippen LogP contribution in [0.3, 0.4) is 0 Å². The van der Waals surface area contributed by atoms with Crippen molar-refractivity contribution in [1.29, 1.82) is 0 Å². The monoisotopic (exact) mass is 295 g/mol. The normalized spacial score (nSPS) is 34.0. The molecule has 122 valence electrons. The van der Waals surface area contributed by atoms with Crippen LogP contribution in [0.5, 0.6) is 0 Å². The van der Waals surface area contributed by atoms with Gasteiger partial charge in [0.25, 0.3) is 0 Å².